The Labute approximate surface area is 144 Å². The number of carbonyl (C=O) groups is 2. The molecule has 23 heavy (non-hydrogen) atoms. The average Bonchev–Trinajstić information content (AvgIpc) is 3.18. The van der Waals surface area contributed by atoms with E-state index >= 15 is 0 Å². The highest BCUT2D eigenvalue weighted by Gasteiger charge is 2.38. The summed E-state index contributed by atoms with van der Waals surface area (Å²) in [7, 11) is 0. The Morgan fingerprint density at radius 3 is 2.91 bits per heavy atom. The summed E-state index contributed by atoms with van der Waals surface area (Å²) in [5.74, 6) is -0.136. The number of carbonyl (C=O) groups excluding carboxylic acids is 2. The molecule has 1 aromatic rings. The number of para-hydroxylation sites is 1. The number of hydrogen-bond donors (Lipinski definition) is 2. The number of nitrogens with zero attached hydrogens (tertiary/aromatic N) is 1. The number of amides is 2. The number of nitrogens with one attached hydrogen (secondary N) is 2. The van der Waals surface area contributed by atoms with Crippen molar-refractivity contribution >= 4 is 33.4 Å². The van der Waals surface area contributed by atoms with Crippen LogP contribution in [0.2, 0.25) is 0 Å². The lowest BCUT2D eigenvalue weighted by Crippen LogP contribution is -2.37. The van der Waals surface area contributed by atoms with Crippen molar-refractivity contribution in [2.24, 2.45) is 11.8 Å². The van der Waals surface area contributed by atoms with Crippen molar-refractivity contribution in [2.45, 2.75) is 19.3 Å². The highest BCUT2D eigenvalue weighted by Crippen LogP contribution is 2.31. The van der Waals surface area contributed by atoms with Crippen LogP contribution in [-0.4, -0.2) is 38.0 Å². The van der Waals surface area contributed by atoms with Gasteiger partial charge < -0.3 is 15.5 Å². The van der Waals surface area contributed by atoms with Crippen molar-refractivity contribution < 1.29 is 9.59 Å². The molecular weight excluding hydrogens is 358 g/mol. The zero-order valence-corrected chi connectivity index (χ0v) is 14.6. The number of rotatable bonds is 5. The van der Waals surface area contributed by atoms with E-state index in [1.807, 2.05) is 24.3 Å². The topological polar surface area (TPSA) is 61.4 Å². The van der Waals surface area contributed by atoms with E-state index in [1.54, 1.807) is 4.90 Å². The van der Waals surface area contributed by atoms with Crippen LogP contribution < -0.4 is 15.5 Å². The van der Waals surface area contributed by atoms with Crippen LogP contribution in [0, 0.1) is 11.8 Å². The molecule has 6 heteroatoms. The second-order valence-electron chi connectivity index (χ2n) is 6.22. The van der Waals surface area contributed by atoms with Gasteiger partial charge in [0.25, 0.3) is 0 Å². The van der Waals surface area contributed by atoms with Gasteiger partial charge in [-0.05, 0) is 66.3 Å². The van der Waals surface area contributed by atoms with Crippen molar-refractivity contribution in [3.63, 3.8) is 0 Å². The molecule has 0 aromatic heterocycles. The van der Waals surface area contributed by atoms with Gasteiger partial charge in [0.15, 0.2) is 0 Å². The first-order valence-corrected chi connectivity index (χ1v) is 9.00. The van der Waals surface area contributed by atoms with E-state index in [9.17, 15) is 9.59 Å². The number of benzene rings is 1. The summed E-state index contributed by atoms with van der Waals surface area (Å²) >= 11 is 3.47. The van der Waals surface area contributed by atoms with Crippen molar-refractivity contribution in [1.29, 1.82) is 0 Å². The molecule has 0 saturated carbocycles. The molecule has 2 saturated heterocycles. The van der Waals surface area contributed by atoms with Gasteiger partial charge in [-0.15, -0.1) is 0 Å². The molecule has 2 atom stereocenters. The monoisotopic (exact) mass is 379 g/mol. The van der Waals surface area contributed by atoms with E-state index in [-0.39, 0.29) is 11.8 Å². The Hall–Kier alpha value is -1.40. The Morgan fingerprint density at radius 1 is 1.35 bits per heavy atom. The molecule has 2 aliphatic heterocycles. The van der Waals surface area contributed by atoms with Crippen LogP contribution in [0.25, 0.3) is 0 Å². The number of anilines is 1. The van der Waals surface area contributed by atoms with Gasteiger partial charge in [0.1, 0.15) is 5.92 Å². The summed E-state index contributed by atoms with van der Waals surface area (Å²) in [4.78, 5) is 26.6. The molecule has 0 spiro atoms. The zero-order valence-electron chi connectivity index (χ0n) is 13.1. The fourth-order valence-electron chi connectivity index (χ4n) is 3.32. The van der Waals surface area contributed by atoms with Crippen LogP contribution in [0.3, 0.4) is 0 Å². The molecule has 0 radical (unpaired) electrons. The van der Waals surface area contributed by atoms with E-state index in [1.165, 1.54) is 6.42 Å². The molecule has 2 amide bonds. The third-order valence-electron chi connectivity index (χ3n) is 4.68. The summed E-state index contributed by atoms with van der Waals surface area (Å²) in [5.41, 5.74) is 0.838. The molecule has 2 aliphatic rings. The van der Waals surface area contributed by atoms with Crippen molar-refractivity contribution in [1.82, 2.24) is 10.6 Å². The first-order valence-electron chi connectivity index (χ1n) is 8.21. The summed E-state index contributed by atoms with van der Waals surface area (Å²) in [6.45, 7) is 3.35. The van der Waals surface area contributed by atoms with Gasteiger partial charge in [-0.1, -0.05) is 12.1 Å². The van der Waals surface area contributed by atoms with Gasteiger partial charge in [-0.25, -0.2) is 0 Å². The van der Waals surface area contributed by atoms with Crippen LogP contribution in [0.15, 0.2) is 28.7 Å². The van der Waals surface area contributed by atoms with Crippen molar-refractivity contribution in [2.75, 3.05) is 31.1 Å². The molecule has 124 valence electrons. The summed E-state index contributed by atoms with van der Waals surface area (Å²) in [6.07, 6.45) is 2.73. The number of hydrogen-bond acceptors (Lipinski definition) is 3. The second kappa shape index (κ2) is 7.45. The first-order chi connectivity index (χ1) is 11.2. The Balaban J connectivity index is 1.53. The standard InChI is InChI=1S/C17H22BrN3O2/c18-14-3-1-2-4-15(14)21-10-7-13(17(21)23)16(22)20-9-6-12-5-8-19-11-12/h1-4,12-13,19H,5-11H2,(H,20,22). The first kappa shape index (κ1) is 16.5. The molecule has 0 bridgehead atoms. The maximum Gasteiger partial charge on any atom is 0.239 e. The quantitative estimate of drug-likeness (QED) is 0.768. The average molecular weight is 380 g/mol. The van der Waals surface area contributed by atoms with E-state index < -0.39 is 5.92 Å². The molecule has 2 unspecified atom stereocenters. The van der Waals surface area contributed by atoms with Gasteiger partial charge in [-0.2, -0.15) is 0 Å². The summed E-state index contributed by atoms with van der Waals surface area (Å²) in [6, 6.07) is 7.62. The van der Waals surface area contributed by atoms with Gasteiger partial charge in [-0.3, -0.25) is 9.59 Å². The lowest BCUT2D eigenvalue weighted by Gasteiger charge is -2.18. The minimum Gasteiger partial charge on any atom is -0.355 e. The van der Waals surface area contributed by atoms with Crippen LogP contribution in [0.5, 0.6) is 0 Å². The van der Waals surface area contributed by atoms with Crippen LogP contribution in [-0.2, 0) is 9.59 Å². The third-order valence-corrected chi connectivity index (χ3v) is 5.35. The Bertz CT molecular complexity index is 587. The molecule has 2 fully saturated rings. The van der Waals surface area contributed by atoms with Crippen LogP contribution in [0.4, 0.5) is 5.69 Å². The molecule has 2 N–H and O–H groups in total. The molecule has 5 nitrogen and oxygen atoms in total. The number of halogens is 1. The maximum atomic E-state index is 12.6. The molecule has 2 heterocycles. The lowest BCUT2D eigenvalue weighted by atomic mass is 10.0. The summed E-state index contributed by atoms with van der Waals surface area (Å²) < 4.78 is 0.878. The minimum absolute atomic E-state index is 0.100. The lowest BCUT2D eigenvalue weighted by molar-refractivity contribution is -0.132. The predicted molar refractivity (Wildman–Crippen MR) is 93.2 cm³/mol. The van der Waals surface area contributed by atoms with Gasteiger partial charge in [0.05, 0.1) is 5.69 Å². The van der Waals surface area contributed by atoms with Crippen molar-refractivity contribution in [3.05, 3.63) is 28.7 Å². The summed E-state index contributed by atoms with van der Waals surface area (Å²) in [5, 5.41) is 6.27. The van der Waals surface area contributed by atoms with Crippen molar-refractivity contribution in [3.8, 4) is 0 Å². The van der Waals surface area contributed by atoms with Gasteiger partial charge in [0.2, 0.25) is 11.8 Å². The molecular formula is C17H22BrN3O2. The second-order valence-corrected chi connectivity index (χ2v) is 7.08. The smallest absolute Gasteiger partial charge is 0.239 e. The van der Waals surface area contributed by atoms with E-state index in [4.69, 9.17) is 0 Å². The highest BCUT2D eigenvalue weighted by atomic mass is 79.9. The molecule has 1 aromatic carbocycles. The SMILES string of the molecule is O=C(NCCC1CCNC1)C1CCN(c2ccccc2Br)C1=O. The van der Waals surface area contributed by atoms with Crippen LogP contribution in [0.1, 0.15) is 19.3 Å². The van der Waals surface area contributed by atoms with Crippen LogP contribution >= 0.6 is 15.9 Å². The highest BCUT2D eigenvalue weighted by molar-refractivity contribution is 9.10. The zero-order chi connectivity index (χ0) is 16.2. The van der Waals surface area contributed by atoms with E-state index in [2.05, 4.69) is 26.6 Å². The largest absolute Gasteiger partial charge is 0.355 e. The minimum atomic E-state index is -0.552. The fraction of sp³-hybridized carbons (Fsp3) is 0.529. The fourth-order valence-corrected chi connectivity index (χ4v) is 3.82. The third kappa shape index (κ3) is 3.75. The molecule has 3 rings (SSSR count). The van der Waals surface area contributed by atoms with Gasteiger partial charge >= 0.3 is 0 Å². The maximum absolute atomic E-state index is 12.6. The Morgan fingerprint density at radius 2 is 2.17 bits per heavy atom. The molecule has 0 aliphatic carbocycles. The normalized spacial score (nSPS) is 24.2. The van der Waals surface area contributed by atoms with E-state index in [0.29, 0.717) is 25.4 Å². The van der Waals surface area contributed by atoms with Gasteiger partial charge in [0, 0.05) is 17.6 Å². The van der Waals surface area contributed by atoms with E-state index in [0.717, 1.165) is 29.7 Å². The predicted octanol–water partition coefficient (Wildman–Crippen LogP) is 1.92. The Kier molecular flexibility index (Phi) is 5.33.